The van der Waals surface area contributed by atoms with Gasteiger partial charge in [-0.3, -0.25) is 0 Å². The number of carbonyl (C=O) groups is 1. The molecule has 0 bridgehead atoms. The lowest BCUT2D eigenvalue weighted by molar-refractivity contribution is -0.117. The van der Waals surface area contributed by atoms with E-state index in [0.717, 1.165) is 12.8 Å². The third kappa shape index (κ3) is 13.4. The maximum absolute atomic E-state index is 10.7. The molecule has 0 aromatic rings. The summed E-state index contributed by atoms with van der Waals surface area (Å²) in [6.45, 7) is 3.77. The van der Waals surface area contributed by atoms with Crippen molar-refractivity contribution in [3.63, 3.8) is 0 Å². The van der Waals surface area contributed by atoms with Gasteiger partial charge in [-0.05, 0) is 33.1 Å². The summed E-state index contributed by atoms with van der Waals surface area (Å²) in [6.07, 6.45) is 16.9. The average Bonchev–Trinajstić information content (AvgIpc) is 2.25. The van der Waals surface area contributed by atoms with Gasteiger partial charge in [0.15, 0.2) is 0 Å². The van der Waals surface area contributed by atoms with Crippen molar-refractivity contribution in [3.05, 3.63) is 12.2 Å². The van der Waals surface area contributed by atoms with Gasteiger partial charge >= 0.3 is 0 Å². The molecule has 1 nitrogen and oxygen atoms in total. The zero-order valence-electron chi connectivity index (χ0n) is 11.1. The van der Waals surface area contributed by atoms with Crippen LogP contribution in [0.5, 0.6) is 0 Å². The van der Waals surface area contributed by atoms with E-state index in [1.165, 1.54) is 51.4 Å². The predicted octanol–water partition coefficient (Wildman–Crippen LogP) is 5.05. The van der Waals surface area contributed by atoms with Crippen molar-refractivity contribution in [1.29, 1.82) is 0 Å². The van der Waals surface area contributed by atoms with Gasteiger partial charge in [0.05, 0.1) is 0 Å². The van der Waals surface area contributed by atoms with Crippen LogP contribution in [0.25, 0.3) is 0 Å². The minimum atomic E-state index is 0.337. The minimum Gasteiger partial charge on any atom is -0.300 e. The molecule has 0 aromatic heterocycles. The molecule has 1 heteroatoms. The van der Waals surface area contributed by atoms with E-state index in [2.05, 4.69) is 19.1 Å². The first-order chi connectivity index (χ1) is 7.77. The summed E-state index contributed by atoms with van der Waals surface area (Å²) >= 11 is 0. The molecule has 0 aliphatic rings. The molecule has 0 unspecified atom stereocenters. The Balaban J connectivity index is 2.96. The minimum absolute atomic E-state index is 0.337. The van der Waals surface area contributed by atoms with Crippen molar-refractivity contribution >= 4 is 5.78 Å². The van der Waals surface area contributed by atoms with Crippen LogP contribution in [-0.4, -0.2) is 5.78 Å². The third-order valence-electron chi connectivity index (χ3n) is 2.89. The van der Waals surface area contributed by atoms with Crippen molar-refractivity contribution in [2.45, 2.75) is 78.1 Å². The fourth-order valence-electron chi connectivity index (χ4n) is 1.86. The SMILES string of the molecule is C/C=C/CCCCCCCCCCC(C)=O. The Morgan fingerprint density at radius 3 is 1.88 bits per heavy atom. The Labute approximate surface area is 101 Å². The van der Waals surface area contributed by atoms with Crippen LogP contribution >= 0.6 is 0 Å². The largest absolute Gasteiger partial charge is 0.300 e. The number of unbranched alkanes of at least 4 members (excludes halogenated alkanes) is 8. The van der Waals surface area contributed by atoms with Gasteiger partial charge in [0.25, 0.3) is 0 Å². The van der Waals surface area contributed by atoms with Gasteiger partial charge in [0.1, 0.15) is 5.78 Å². The van der Waals surface area contributed by atoms with E-state index < -0.39 is 0 Å². The third-order valence-corrected chi connectivity index (χ3v) is 2.89. The van der Waals surface area contributed by atoms with E-state index in [-0.39, 0.29) is 0 Å². The summed E-state index contributed by atoms with van der Waals surface area (Å²) in [4.78, 5) is 10.7. The maximum atomic E-state index is 10.7. The second kappa shape index (κ2) is 12.5. The number of carbonyl (C=O) groups excluding carboxylic acids is 1. The van der Waals surface area contributed by atoms with Crippen LogP contribution in [0.4, 0.5) is 0 Å². The second-order valence-electron chi connectivity index (χ2n) is 4.64. The molecule has 0 saturated carbocycles. The summed E-state index contributed by atoms with van der Waals surface area (Å²) in [6, 6.07) is 0. The highest BCUT2D eigenvalue weighted by Gasteiger charge is 1.94. The molecule has 0 aliphatic heterocycles. The van der Waals surface area contributed by atoms with Crippen molar-refractivity contribution in [3.8, 4) is 0 Å². The molecule has 0 aliphatic carbocycles. The molecule has 0 radical (unpaired) electrons. The molecular formula is C15H28O. The van der Waals surface area contributed by atoms with Crippen molar-refractivity contribution in [2.24, 2.45) is 0 Å². The average molecular weight is 224 g/mol. The monoisotopic (exact) mass is 224 g/mol. The molecule has 16 heavy (non-hydrogen) atoms. The predicted molar refractivity (Wildman–Crippen MR) is 71.7 cm³/mol. The number of hydrogen-bond acceptors (Lipinski definition) is 1. The number of rotatable bonds is 11. The Hall–Kier alpha value is -0.590. The van der Waals surface area contributed by atoms with Gasteiger partial charge in [-0.1, -0.05) is 50.7 Å². The van der Waals surface area contributed by atoms with Crippen LogP contribution < -0.4 is 0 Å². The van der Waals surface area contributed by atoms with E-state index >= 15 is 0 Å². The lowest BCUT2D eigenvalue weighted by Crippen LogP contribution is -1.89. The first kappa shape index (κ1) is 15.4. The van der Waals surface area contributed by atoms with Gasteiger partial charge in [0, 0.05) is 6.42 Å². The molecular weight excluding hydrogens is 196 g/mol. The van der Waals surface area contributed by atoms with Crippen LogP contribution in [0.3, 0.4) is 0 Å². The number of hydrogen-bond donors (Lipinski definition) is 0. The lowest BCUT2D eigenvalue weighted by atomic mass is 10.1. The molecule has 0 fully saturated rings. The fourth-order valence-corrected chi connectivity index (χ4v) is 1.86. The molecule has 0 aromatic carbocycles. The normalized spacial score (nSPS) is 11.1. The topological polar surface area (TPSA) is 17.1 Å². The molecule has 94 valence electrons. The molecule has 0 spiro atoms. The van der Waals surface area contributed by atoms with Gasteiger partial charge in [-0.2, -0.15) is 0 Å². The van der Waals surface area contributed by atoms with Crippen molar-refractivity contribution in [2.75, 3.05) is 0 Å². The number of Topliss-reactive ketones (excluding diaryl/α,β-unsaturated/α-hetero) is 1. The highest BCUT2D eigenvalue weighted by atomic mass is 16.1. The zero-order valence-corrected chi connectivity index (χ0v) is 11.1. The van der Waals surface area contributed by atoms with Crippen LogP contribution in [0.15, 0.2) is 12.2 Å². The van der Waals surface area contributed by atoms with Crippen LogP contribution in [0.1, 0.15) is 78.1 Å². The first-order valence-electron chi connectivity index (χ1n) is 6.88. The highest BCUT2D eigenvalue weighted by Crippen LogP contribution is 2.10. The first-order valence-corrected chi connectivity index (χ1v) is 6.88. The Morgan fingerprint density at radius 1 is 0.875 bits per heavy atom. The molecule has 0 atom stereocenters. The Kier molecular flexibility index (Phi) is 12.0. The Bertz CT molecular complexity index is 182. The van der Waals surface area contributed by atoms with Crippen LogP contribution in [0.2, 0.25) is 0 Å². The number of ketones is 1. The van der Waals surface area contributed by atoms with E-state index in [9.17, 15) is 4.79 Å². The summed E-state index contributed by atoms with van der Waals surface area (Å²) in [7, 11) is 0. The van der Waals surface area contributed by atoms with E-state index in [1.54, 1.807) is 6.92 Å². The molecule has 0 rings (SSSR count). The van der Waals surface area contributed by atoms with Crippen molar-refractivity contribution < 1.29 is 4.79 Å². The zero-order chi connectivity index (χ0) is 12.1. The van der Waals surface area contributed by atoms with Crippen molar-refractivity contribution in [1.82, 2.24) is 0 Å². The van der Waals surface area contributed by atoms with Gasteiger partial charge in [-0.15, -0.1) is 0 Å². The lowest BCUT2D eigenvalue weighted by Gasteiger charge is -2.00. The molecule has 0 amide bonds. The van der Waals surface area contributed by atoms with Gasteiger partial charge < -0.3 is 4.79 Å². The standard InChI is InChI=1S/C15H28O/c1-3-4-5-6-7-8-9-10-11-12-13-14-15(2)16/h3-4H,5-14H2,1-2H3/b4-3+. The highest BCUT2D eigenvalue weighted by molar-refractivity contribution is 5.75. The maximum Gasteiger partial charge on any atom is 0.129 e. The van der Waals surface area contributed by atoms with E-state index in [1.807, 2.05) is 0 Å². The molecule has 0 N–H and O–H groups in total. The van der Waals surface area contributed by atoms with Crippen LogP contribution in [0, 0.1) is 0 Å². The molecule has 0 saturated heterocycles. The van der Waals surface area contributed by atoms with Gasteiger partial charge in [-0.25, -0.2) is 0 Å². The van der Waals surface area contributed by atoms with Crippen LogP contribution in [-0.2, 0) is 4.79 Å². The summed E-state index contributed by atoms with van der Waals surface area (Å²) in [5, 5.41) is 0. The quantitative estimate of drug-likeness (QED) is 0.354. The Morgan fingerprint density at radius 2 is 1.38 bits per heavy atom. The number of allylic oxidation sites excluding steroid dienone is 2. The second-order valence-corrected chi connectivity index (χ2v) is 4.64. The summed E-state index contributed by atoms with van der Waals surface area (Å²) < 4.78 is 0. The van der Waals surface area contributed by atoms with E-state index in [4.69, 9.17) is 0 Å². The smallest absolute Gasteiger partial charge is 0.129 e. The van der Waals surface area contributed by atoms with Gasteiger partial charge in [0.2, 0.25) is 0 Å². The molecule has 0 heterocycles. The van der Waals surface area contributed by atoms with E-state index in [0.29, 0.717) is 5.78 Å². The summed E-state index contributed by atoms with van der Waals surface area (Å²) in [5.74, 6) is 0.337. The summed E-state index contributed by atoms with van der Waals surface area (Å²) in [5.41, 5.74) is 0. The fraction of sp³-hybridized carbons (Fsp3) is 0.800.